The largest absolute Gasteiger partial charge is 0.344 e. The predicted octanol–water partition coefficient (Wildman–Crippen LogP) is 2.90. The smallest absolute Gasteiger partial charge is 0.267 e. The number of ketones is 1. The highest BCUT2D eigenvalue weighted by atomic mass is 16.1. The molecule has 0 saturated heterocycles. The Morgan fingerprint density at radius 3 is 2.48 bits per heavy atom. The summed E-state index contributed by atoms with van der Waals surface area (Å²) in [5.41, 5.74) is 4.20. The molecule has 0 aliphatic heterocycles. The van der Waals surface area contributed by atoms with Crippen LogP contribution in [0.3, 0.4) is 0 Å². The van der Waals surface area contributed by atoms with Crippen molar-refractivity contribution in [2.45, 2.75) is 33.9 Å². The van der Waals surface area contributed by atoms with E-state index in [1.54, 1.807) is 13.0 Å². The normalized spacial score (nSPS) is 10.8. The summed E-state index contributed by atoms with van der Waals surface area (Å²) in [5.74, 6) is -0.104. The third-order valence-electron chi connectivity index (χ3n) is 4.35. The number of carbonyl (C=O) groups is 1. The Bertz CT molecular complexity index is 968. The number of Topliss-reactive ketones (excluding diaryl/α,β-unsaturated/α-hetero) is 1. The molecule has 1 aromatic carbocycles. The SMILES string of the molecule is Cc1ccc(=O)n(CC(=O)c2cc(C)n(Cc3ccccc3)c2C)n1. The topological polar surface area (TPSA) is 56.9 Å². The fraction of sp³-hybridized carbons (Fsp3) is 0.250. The van der Waals surface area contributed by atoms with Gasteiger partial charge in [0.05, 0.1) is 5.69 Å². The zero-order chi connectivity index (χ0) is 18.0. The van der Waals surface area contributed by atoms with Crippen LogP contribution in [0, 0.1) is 20.8 Å². The monoisotopic (exact) mass is 335 g/mol. The maximum absolute atomic E-state index is 12.7. The van der Waals surface area contributed by atoms with Crippen LogP contribution in [0.1, 0.15) is 33.0 Å². The highest BCUT2D eigenvalue weighted by Gasteiger charge is 2.17. The van der Waals surface area contributed by atoms with Gasteiger partial charge in [-0.3, -0.25) is 9.59 Å². The van der Waals surface area contributed by atoms with Crippen LogP contribution in [0.4, 0.5) is 0 Å². The number of hydrogen-bond acceptors (Lipinski definition) is 3. The zero-order valence-corrected chi connectivity index (χ0v) is 14.7. The number of aromatic nitrogens is 3. The Morgan fingerprint density at radius 1 is 1.04 bits per heavy atom. The van der Waals surface area contributed by atoms with Gasteiger partial charge in [0.25, 0.3) is 5.56 Å². The van der Waals surface area contributed by atoms with Crippen LogP contribution in [0.15, 0.2) is 53.3 Å². The van der Waals surface area contributed by atoms with Crippen molar-refractivity contribution in [3.05, 3.63) is 87.1 Å². The zero-order valence-electron chi connectivity index (χ0n) is 14.7. The van der Waals surface area contributed by atoms with Gasteiger partial charge >= 0.3 is 0 Å². The molecule has 2 heterocycles. The summed E-state index contributed by atoms with van der Waals surface area (Å²) in [5, 5.41) is 4.14. The molecule has 0 aliphatic rings. The van der Waals surface area contributed by atoms with E-state index in [0.717, 1.165) is 11.4 Å². The van der Waals surface area contributed by atoms with Crippen LogP contribution in [-0.4, -0.2) is 20.1 Å². The molecule has 0 fully saturated rings. The molecule has 0 spiro atoms. The third kappa shape index (κ3) is 3.60. The first-order chi connectivity index (χ1) is 12.0. The van der Waals surface area contributed by atoms with Crippen molar-refractivity contribution in [3.63, 3.8) is 0 Å². The second-order valence-electron chi connectivity index (χ2n) is 6.25. The molecule has 0 amide bonds. The fourth-order valence-corrected chi connectivity index (χ4v) is 2.98. The van der Waals surface area contributed by atoms with Gasteiger partial charge < -0.3 is 4.57 Å². The predicted molar refractivity (Wildman–Crippen MR) is 97.0 cm³/mol. The molecule has 128 valence electrons. The number of hydrogen-bond donors (Lipinski definition) is 0. The second kappa shape index (κ2) is 6.89. The lowest BCUT2D eigenvalue weighted by atomic mass is 10.1. The van der Waals surface area contributed by atoms with Crippen molar-refractivity contribution in [1.29, 1.82) is 0 Å². The van der Waals surface area contributed by atoms with Crippen LogP contribution < -0.4 is 5.56 Å². The fourth-order valence-electron chi connectivity index (χ4n) is 2.98. The van der Waals surface area contributed by atoms with Crippen molar-refractivity contribution in [2.24, 2.45) is 0 Å². The summed E-state index contributed by atoms with van der Waals surface area (Å²) in [6.45, 7) is 6.40. The van der Waals surface area contributed by atoms with E-state index in [1.165, 1.54) is 16.3 Å². The van der Waals surface area contributed by atoms with E-state index in [4.69, 9.17) is 0 Å². The molecule has 0 aliphatic carbocycles. The third-order valence-corrected chi connectivity index (χ3v) is 4.35. The van der Waals surface area contributed by atoms with E-state index in [0.29, 0.717) is 17.8 Å². The van der Waals surface area contributed by atoms with Gasteiger partial charge in [-0.2, -0.15) is 5.10 Å². The Labute approximate surface area is 146 Å². The van der Waals surface area contributed by atoms with Crippen molar-refractivity contribution in [1.82, 2.24) is 14.3 Å². The van der Waals surface area contributed by atoms with Crippen LogP contribution >= 0.6 is 0 Å². The average Bonchev–Trinajstić information content (AvgIpc) is 2.87. The number of rotatable bonds is 5. The first-order valence-electron chi connectivity index (χ1n) is 8.24. The van der Waals surface area contributed by atoms with Gasteiger partial charge in [0, 0.05) is 29.6 Å². The highest BCUT2D eigenvalue weighted by molar-refractivity contribution is 5.97. The first kappa shape index (κ1) is 16.9. The number of benzene rings is 1. The van der Waals surface area contributed by atoms with Crippen LogP contribution in [0.25, 0.3) is 0 Å². The van der Waals surface area contributed by atoms with Crippen molar-refractivity contribution >= 4 is 5.78 Å². The Kier molecular flexibility index (Phi) is 4.65. The van der Waals surface area contributed by atoms with E-state index in [-0.39, 0.29) is 17.9 Å². The van der Waals surface area contributed by atoms with Gasteiger partial charge in [0.15, 0.2) is 5.78 Å². The van der Waals surface area contributed by atoms with Crippen LogP contribution in [0.5, 0.6) is 0 Å². The van der Waals surface area contributed by atoms with Crippen LogP contribution in [-0.2, 0) is 13.1 Å². The lowest BCUT2D eigenvalue weighted by Crippen LogP contribution is -2.26. The minimum atomic E-state index is -0.267. The molecule has 0 unspecified atom stereocenters. The number of carbonyl (C=O) groups excluding carboxylic acids is 1. The maximum Gasteiger partial charge on any atom is 0.267 e. The van der Waals surface area contributed by atoms with Gasteiger partial charge in [-0.25, -0.2) is 4.68 Å². The lowest BCUT2D eigenvalue weighted by Gasteiger charge is -2.10. The average molecular weight is 335 g/mol. The molecule has 0 atom stereocenters. The van der Waals surface area contributed by atoms with E-state index in [1.807, 2.05) is 38.1 Å². The molecule has 5 heteroatoms. The number of nitrogens with zero attached hydrogens (tertiary/aromatic N) is 3. The van der Waals surface area contributed by atoms with Crippen LogP contribution in [0.2, 0.25) is 0 Å². The molecule has 0 saturated carbocycles. The first-order valence-corrected chi connectivity index (χ1v) is 8.24. The molecule has 5 nitrogen and oxygen atoms in total. The van der Waals surface area contributed by atoms with E-state index in [9.17, 15) is 9.59 Å². The van der Waals surface area contributed by atoms with Gasteiger partial charge in [0.2, 0.25) is 0 Å². The van der Waals surface area contributed by atoms with Gasteiger partial charge in [-0.05, 0) is 38.5 Å². The molecule has 3 aromatic rings. The van der Waals surface area contributed by atoms with Gasteiger partial charge in [-0.1, -0.05) is 30.3 Å². The van der Waals surface area contributed by atoms with Gasteiger partial charge in [-0.15, -0.1) is 0 Å². The summed E-state index contributed by atoms with van der Waals surface area (Å²) in [6.07, 6.45) is 0. The molecular formula is C20H21N3O2. The maximum atomic E-state index is 12.7. The second-order valence-corrected chi connectivity index (χ2v) is 6.25. The highest BCUT2D eigenvalue weighted by Crippen LogP contribution is 2.18. The van der Waals surface area contributed by atoms with Gasteiger partial charge in [0.1, 0.15) is 6.54 Å². The quantitative estimate of drug-likeness (QED) is 0.674. The lowest BCUT2D eigenvalue weighted by molar-refractivity contribution is 0.0965. The van der Waals surface area contributed by atoms with E-state index in [2.05, 4.69) is 21.8 Å². The van der Waals surface area contributed by atoms with Crippen molar-refractivity contribution in [3.8, 4) is 0 Å². The summed E-state index contributed by atoms with van der Waals surface area (Å²) < 4.78 is 3.34. The molecule has 0 N–H and O–H groups in total. The van der Waals surface area contributed by atoms with E-state index < -0.39 is 0 Å². The summed E-state index contributed by atoms with van der Waals surface area (Å²) in [4.78, 5) is 24.6. The standard InChI is InChI=1S/C20H21N3O2/c1-14-9-10-20(25)23(21-14)13-19(24)18-11-15(2)22(16(18)3)12-17-7-5-4-6-8-17/h4-11H,12-13H2,1-3H3. The molecule has 2 aromatic heterocycles. The summed E-state index contributed by atoms with van der Waals surface area (Å²) in [6, 6.07) is 15.1. The van der Waals surface area contributed by atoms with E-state index >= 15 is 0 Å². The van der Waals surface area contributed by atoms with Crippen molar-refractivity contribution < 1.29 is 4.79 Å². The Balaban J connectivity index is 1.88. The summed E-state index contributed by atoms with van der Waals surface area (Å²) in [7, 11) is 0. The number of aryl methyl sites for hydroxylation is 2. The minimum Gasteiger partial charge on any atom is -0.344 e. The van der Waals surface area contributed by atoms with Crippen molar-refractivity contribution in [2.75, 3.05) is 0 Å². The summed E-state index contributed by atoms with van der Waals surface area (Å²) >= 11 is 0. The Morgan fingerprint density at radius 2 is 1.76 bits per heavy atom. The molecule has 25 heavy (non-hydrogen) atoms. The Hall–Kier alpha value is -2.95. The molecule has 0 bridgehead atoms. The minimum absolute atomic E-state index is 0.0455. The molecule has 3 rings (SSSR count). The molecule has 0 radical (unpaired) electrons. The molecular weight excluding hydrogens is 314 g/mol.